The Hall–Kier alpha value is -2.60. The van der Waals surface area contributed by atoms with Crippen molar-refractivity contribution >= 4 is 23.0 Å². The molecule has 3 unspecified atom stereocenters. The van der Waals surface area contributed by atoms with Gasteiger partial charge in [-0.3, -0.25) is 9.89 Å². The average Bonchev–Trinajstić information content (AvgIpc) is 2.86. The molecule has 2 aliphatic rings. The first-order valence-corrected chi connectivity index (χ1v) is 8.90. The third kappa shape index (κ3) is 2.61. The molecule has 0 radical (unpaired) electrons. The number of methoxy groups -OCH3 is 1. The standard InChI is InChI=1S/C19H20ClN4O2/c1-11-19-23(12(2)22-24(19)25)17-9-8-15(26-3)10-16(17)18(21-11)13-4-6-14(20)7-5-13/h4-12,19H,1-3H3,(H,22,25)/q+1. The molecule has 2 aromatic rings. The first-order valence-electron chi connectivity index (χ1n) is 8.52. The van der Waals surface area contributed by atoms with Crippen LogP contribution in [0.1, 0.15) is 25.0 Å². The van der Waals surface area contributed by atoms with Crippen molar-refractivity contribution < 1.29 is 9.61 Å². The molecular weight excluding hydrogens is 352 g/mol. The molecule has 2 heterocycles. The van der Waals surface area contributed by atoms with Gasteiger partial charge in [0, 0.05) is 16.1 Å². The number of rotatable bonds is 2. The molecular formula is C19H20ClN4O2+. The molecule has 1 N–H and O–H groups in total. The summed E-state index contributed by atoms with van der Waals surface area (Å²) in [6.45, 7) is 3.93. The maximum atomic E-state index is 12.5. The van der Waals surface area contributed by atoms with Crippen LogP contribution in [-0.2, 0) is 0 Å². The molecule has 0 aromatic heterocycles. The predicted octanol–water partition coefficient (Wildman–Crippen LogP) is 3.36. The summed E-state index contributed by atoms with van der Waals surface area (Å²) in [7, 11) is 1.64. The lowest BCUT2D eigenvalue weighted by Gasteiger charge is -2.23. The van der Waals surface area contributed by atoms with Crippen molar-refractivity contribution in [2.45, 2.75) is 32.2 Å². The first-order chi connectivity index (χ1) is 12.5. The van der Waals surface area contributed by atoms with Crippen molar-refractivity contribution in [3.05, 3.63) is 63.5 Å². The molecule has 3 atom stereocenters. The van der Waals surface area contributed by atoms with Crippen molar-refractivity contribution in [2.75, 3.05) is 12.0 Å². The van der Waals surface area contributed by atoms with E-state index in [2.05, 4.69) is 10.3 Å². The Bertz CT molecular complexity index is 897. The van der Waals surface area contributed by atoms with Crippen LogP contribution in [0.3, 0.4) is 0 Å². The van der Waals surface area contributed by atoms with Crippen LogP contribution < -0.4 is 15.1 Å². The van der Waals surface area contributed by atoms with E-state index in [0.717, 1.165) is 33.1 Å². The Labute approximate surface area is 157 Å². The van der Waals surface area contributed by atoms with E-state index in [4.69, 9.17) is 21.3 Å². The number of ether oxygens (including phenoxy) is 1. The fourth-order valence-corrected chi connectivity index (χ4v) is 3.80. The van der Waals surface area contributed by atoms with Crippen LogP contribution in [0.25, 0.3) is 0 Å². The highest BCUT2D eigenvalue weighted by molar-refractivity contribution is 6.30. The minimum absolute atomic E-state index is 0.133. The third-order valence-corrected chi connectivity index (χ3v) is 5.13. The van der Waals surface area contributed by atoms with E-state index in [0.29, 0.717) is 5.02 Å². The molecule has 2 aromatic carbocycles. The molecule has 134 valence electrons. The Morgan fingerprint density at radius 2 is 1.92 bits per heavy atom. The number of nitrogens with one attached hydrogen (secondary N) is 1. The van der Waals surface area contributed by atoms with E-state index in [1.54, 1.807) is 7.11 Å². The molecule has 1 fully saturated rings. The van der Waals surface area contributed by atoms with Crippen molar-refractivity contribution in [3.8, 4) is 5.75 Å². The Morgan fingerprint density at radius 3 is 2.62 bits per heavy atom. The smallest absolute Gasteiger partial charge is 0.332 e. The van der Waals surface area contributed by atoms with E-state index in [9.17, 15) is 4.91 Å². The molecule has 0 aliphatic carbocycles. The summed E-state index contributed by atoms with van der Waals surface area (Å²) >= 11 is 6.05. The Morgan fingerprint density at radius 1 is 1.19 bits per heavy atom. The number of nitroso groups, excluding NO2 is 1. The maximum Gasteiger partial charge on any atom is 0.332 e. The summed E-state index contributed by atoms with van der Waals surface area (Å²) in [5, 5.41) is 0.672. The number of halogens is 1. The number of anilines is 1. The van der Waals surface area contributed by atoms with Gasteiger partial charge in [-0.1, -0.05) is 23.7 Å². The summed E-state index contributed by atoms with van der Waals surface area (Å²) in [6.07, 6.45) is -0.547. The fraction of sp³-hybridized carbons (Fsp3) is 0.316. The normalized spacial score (nSPS) is 24.3. The van der Waals surface area contributed by atoms with Crippen molar-refractivity contribution in [1.82, 2.24) is 5.43 Å². The van der Waals surface area contributed by atoms with Crippen LogP contribution >= 0.6 is 11.6 Å². The molecule has 6 nitrogen and oxygen atoms in total. The summed E-state index contributed by atoms with van der Waals surface area (Å²) in [5.41, 5.74) is 6.61. The quantitative estimate of drug-likeness (QED) is 0.822. The van der Waals surface area contributed by atoms with E-state index < -0.39 is 6.17 Å². The minimum Gasteiger partial charge on any atom is -0.497 e. The van der Waals surface area contributed by atoms with E-state index in [1.165, 1.54) is 0 Å². The van der Waals surface area contributed by atoms with Gasteiger partial charge >= 0.3 is 6.17 Å². The second kappa shape index (κ2) is 6.29. The number of hydrogen-bond acceptors (Lipinski definition) is 4. The van der Waals surface area contributed by atoms with Crippen molar-refractivity contribution in [1.29, 1.82) is 0 Å². The van der Waals surface area contributed by atoms with Crippen LogP contribution in [0.5, 0.6) is 5.75 Å². The van der Waals surface area contributed by atoms with Gasteiger partial charge in [0.25, 0.3) is 0 Å². The highest BCUT2D eigenvalue weighted by Gasteiger charge is 2.51. The molecule has 0 bridgehead atoms. The molecule has 7 heteroatoms. The average molecular weight is 372 g/mol. The SMILES string of the molecule is COc1ccc2c(c1)C(c1ccc(Cl)cc1)=NC(C)C1N2C(C)N[N+]1=O. The number of hydrazine groups is 1. The number of hydrogen-bond donors (Lipinski definition) is 1. The lowest BCUT2D eigenvalue weighted by molar-refractivity contribution is -0.621. The molecule has 1 saturated heterocycles. The van der Waals surface area contributed by atoms with E-state index in [-0.39, 0.29) is 12.2 Å². The van der Waals surface area contributed by atoms with Gasteiger partial charge in [0.05, 0.1) is 23.4 Å². The summed E-state index contributed by atoms with van der Waals surface area (Å²) in [5.74, 6) is 0.746. The topological polar surface area (TPSA) is 56.9 Å². The zero-order chi connectivity index (χ0) is 18.4. The molecule has 4 rings (SSSR count). The van der Waals surface area contributed by atoms with Gasteiger partial charge < -0.3 is 4.74 Å². The first kappa shape index (κ1) is 16.8. The second-order valence-corrected chi connectivity index (χ2v) is 7.00. The summed E-state index contributed by atoms with van der Waals surface area (Å²) < 4.78 is 5.43. The highest BCUT2D eigenvalue weighted by atomic mass is 35.5. The van der Waals surface area contributed by atoms with Gasteiger partial charge in [0.2, 0.25) is 0 Å². The van der Waals surface area contributed by atoms with Gasteiger partial charge in [-0.15, -0.1) is 5.43 Å². The van der Waals surface area contributed by atoms with Gasteiger partial charge in [-0.25, -0.2) is 0 Å². The fourth-order valence-electron chi connectivity index (χ4n) is 3.68. The largest absolute Gasteiger partial charge is 0.497 e. The molecule has 0 saturated carbocycles. The van der Waals surface area contributed by atoms with Crippen LogP contribution in [0.2, 0.25) is 5.02 Å². The number of aliphatic imine (C=N–C) groups is 1. The van der Waals surface area contributed by atoms with Gasteiger partial charge in [-0.2, -0.15) is 0 Å². The molecule has 26 heavy (non-hydrogen) atoms. The van der Waals surface area contributed by atoms with Crippen LogP contribution in [0.15, 0.2) is 47.5 Å². The number of fused-ring (bicyclic) bond motifs is 3. The van der Waals surface area contributed by atoms with Crippen LogP contribution in [-0.4, -0.2) is 36.1 Å². The third-order valence-electron chi connectivity index (χ3n) is 4.88. The van der Waals surface area contributed by atoms with Crippen molar-refractivity contribution in [2.24, 2.45) is 4.99 Å². The monoisotopic (exact) mass is 371 g/mol. The molecule has 0 spiro atoms. The highest BCUT2D eigenvalue weighted by Crippen LogP contribution is 2.36. The van der Waals surface area contributed by atoms with E-state index >= 15 is 0 Å². The van der Waals surface area contributed by atoms with Crippen molar-refractivity contribution in [3.63, 3.8) is 0 Å². The Balaban J connectivity index is 1.95. The zero-order valence-corrected chi connectivity index (χ0v) is 15.6. The zero-order valence-electron chi connectivity index (χ0n) is 14.8. The second-order valence-electron chi connectivity index (χ2n) is 6.56. The van der Waals surface area contributed by atoms with Gasteiger partial charge in [0.15, 0.2) is 6.17 Å². The lowest BCUT2D eigenvalue weighted by atomic mass is 9.99. The molecule has 2 aliphatic heterocycles. The maximum absolute atomic E-state index is 12.5. The molecule has 0 amide bonds. The summed E-state index contributed by atoms with van der Waals surface area (Å²) in [6, 6.07) is 13.2. The number of benzene rings is 2. The summed E-state index contributed by atoms with van der Waals surface area (Å²) in [4.78, 5) is 20.4. The Kier molecular flexibility index (Phi) is 4.07. The lowest BCUT2D eigenvalue weighted by Crippen LogP contribution is -2.43. The van der Waals surface area contributed by atoms with E-state index in [1.807, 2.05) is 56.3 Å². The predicted molar refractivity (Wildman–Crippen MR) is 102 cm³/mol. The number of nitrogens with zero attached hydrogens (tertiary/aromatic N) is 3. The van der Waals surface area contributed by atoms with Crippen LogP contribution in [0, 0.1) is 4.91 Å². The van der Waals surface area contributed by atoms with Gasteiger partial charge in [-0.05, 0) is 44.2 Å². The van der Waals surface area contributed by atoms with Gasteiger partial charge in [0.1, 0.15) is 16.7 Å². The minimum atomic E-state index is -0.415. The van der Waals surface area contributed by atoms with Crippen LogP contribution in [0.4, 0.5) is 5.69 Å².